The topological polar surface area (TPSA) is 133 Å². The molecular weight excluding hydrogens is 404 g/mol. The van der Waals surface area contributed by atoms with Gasteiger partial charge in [0.05, 0.1) is 29.5 Å². The van der Waals surface area contributed by atoms with Gasteiger partial charge in [-0.15, -0.1) is 0 Å². The number of rotatable bonds is 5. The predicted molar refractivity (Wildman–Crippen MR) is 110 cm³/mol. The Balaban J connectivity index is 1.70. The number of fused-ring (bicyclic) bond motifs is 2. The first-order valence-corrected chi connectivity index (χ1v) is 11.0. The van der Waals surface area contributed by atoms with Gasteiger partial charge in [-0.3, -0.25) is 0 Å². The second kappa shape index (κ2) is 6.58. The lowest BCUT2D eigenvalue weighted by molar-refractivity contribution is 0.0887. The summed E-state index contributed by atoms with van der Waals surface area (Å²) in [6.07, 6.45) is 8.53. The highest BCUT2D eigenvalue weighted by Crippen LogP contribution is 2.40. The van der Waals surface area contributed by atoms with E-state index in [-0.39, 0.29) is 25.3 Å². The van der Waals surface area contributed by atoms with Crippen molar-refractivity contribution in [2.75, 3.05) is 18.8 Å². The Labute approximate surface area is 172 Å². The molecular formula is C19H18N8O2S. The van der Waals surface area contributed by atoms with Gasteiger partial charge in [0.15, 0.2) is 0 Å². The van der Waals surface area contributed by atoms with Gasteiger partial charge in [-0.05, 0) is 13.0 Å². The number of nitriles is 1. The SMILES string of the molecule is CCS(=O)(=O)N1CC(CC#N)(n2cc(-c3ncnc4[nH]ccc34)c3cncnc32)C1. The smallest absolute Gasteiger partial charge is 0.213 e. The third-order valence-electron chi connectivity index (χ3n) is 5.70. The van der Waals surface area contributed by atoms with E-state index in [0.717, 1.165) is 22.0 Å². The van der Waals surface area contributed by atoms with E-state index in [2.05, 4.69) is 31.0 Å². The van der Waals surface area contributed by atoms with Gasteiger partial charge in [-0.25, -0.2) is 28.4 Å². The van der Waals surface area contributed by atoms with Crippen molar-refractivity contribution < 1.29 is 8.42 Å². The van der Waals surface area contributed by atoms with E-state index < -0.39 is 15.6 Å². The molecule has 0 spiro atoms. The highest BCUT2D eigenvalue weighted by atomic mass is 32.2. The maximum absolute atomic E-state index is 12.3. The summed E-state index contributed by atoms with van der Waals surface area (Å²) in [5.41, 5.74) is 2.21. The number of nitrogens with zero attached hydrogens (tertiary/aromatic N) is 7. The summed E-state index contributed by atoms with van der Waals surface area (Å²) in [5.74, 6) is 0.0296. The molecule has 10 nitrogen and oxygen atoms in total. The van der Waals surface area contributed by atoms with Crippen molar-refractivity contribution in [2.45, 2.75) is 18.9 Å². The average Bonchev–Trinajstić information content (AvgIpc) is 3.35. The lowest BCUT2D eigenvalue weighted by Crippen LogP contribution is -2.64. The Kier molecular flexibility index (Phi) is 4.09. The molecule has 5 heterocycles. The zero-order chi connectivity index (χ0) is 20.9. The van der Waals surface area contributed by atoms with E-state index in [1.807, 2.05) is 16.8 Å². The Bertz CT molecular complexity index is 1410. The van der Waals surface area contributed by atoms with Crippen molar-refractivity contribution in [1.29, 1.82) is 5.26 Å². The summed E-state index contributed by atoms with van der Waals surface area (Å²) in [7, 11) is -3.33. The molecule has 1 aliphatic heterocycles. The first-order chi connectivity index (χ1) is 14.5. The van der Waals surface area contributed by atoms with E-state index in [9.17, 15) is 13.7 Å². The van der Waals surface area contributed by atoms with Crippen LogP contribution in [0.15, 0.2) is 37.3 Å². The summed E-state index contributed by atoms with van der Waals surface area (Å²) in [6, 6.07) is 4.13. The molecule has 0 aliphatic carbocycles. The number of sulfonamides is 1. The molecule has 1 fully saturated rings. The van der Waals surface area contributed by atoms with Crippen LogP contribution in [0.25, 0.3) is 33.3 Å². The minimum Gasteiger partial charge on any atom is -0.346 e. The number of nitrogens with one attached hydrogen (secondary N) is 1. The summed E-state index contributed by atoms with van der Waals surface area (Å²) in [6.45, 7) is 2.08. The van der Waals surface area contributed by atoms with Crippen molar-refractivity contribution >= 4 is 32.1 Å². The van der Waals surface area contributed by atoms with Crippen LogP contribution in [-0.4, -0.2) is 61.1 Å². The van der Waals surface area contributed by atoms with Crippen molar-refractivity contribution in [3.8, 4) is 17.3 Å². The van der Waals surface area contributed by atoms with E-state index in [0.29, 0.717) is 11.3 Å². The number of hydrogen-bond acceptors (Lipinski definition) is 7. The van der Waals surface area contributed by atoms with Crippen LogP contribution in [-0.2, 0) is 15.6 Å². The van der Waals surface area contributed by atoms with Gasteiger partial charge < -0.3 is 9.55 Å². The van der Waals surface area contributed by atoms with Crippen LogP contribution in [0.2, 0.25) is 0 Å². The number of H-pyrrole nitrogens is 1. The second-order valence-electron chi connectivity index (χ2n) is 7.36. The quantitative estimate of drug-likeness (QED) is 0.517. The summed E-state index contributed by atoms with van der Waals surface area (Å²) >= 11 is 0. The zero-order valence-electron chi connectivity index (χ0n) is 16.1. The third kappa shape index (κ3) is 2.61. The van der Waals surface area contributed by atoms with Gasteiger partial charge in [-0.1, -0.05) is 0 Å². The van der Waals surface area contributed by atoms with Gasteiger partial charge in [0.2, 0.25) is 10.0 Å². The first-order valence-electron chi connectivity index (χ1n) is 9.44. The maximum Gasteiger partial charge on any atom is 0.213 e. The standard InChI is InChI=1S/C19H18N8O2S/c1-2-30(28,29)26-9-19(10-26,4-5-20)27-8-15(14-7-21-11-25-18(14)27)16-13-3-6-22-17(13)24-12-23-16/h3,6-8,11-12H,2,4,9-10H2,1H3,(H,22,23,24). The highest BCUT2D eigenvalue weighted by Gasteiger charge is 2.49. The normalized spacial score (nSPS) is 16.5. The molecule has 1 saturated heterocycles. The zero-order valence-corrected chi connectivity index (χ0v) is 17.0. The molecule has 152 valence electrons. The Morgan fingerprint density at radius 1 is 1.23 bits per heavy atom. The molecule has 5 rings (SSSR count). The minimum absolute atomic E-state index is 0.0296. The highest BCUT2D eigenvalue weighted by molar-refractivity contribution is 7.89. The maximum atomic E-state index is 12.3. The fourth-order valence-corrected chi connectivity index (χ4v) is 5.33. The molecule has 0 atom stereocenters. The van der Waals surface area contributed by atoms with Crippen LogP contribution in [0.1, 0.15) is 13.3 Å². The van der Waals surface area contributed by atoms with E-state index in [1.54, 1.807) is 19.3 Å². The molecule has 30 heavy (non-hydrogen) atoms. The second-order valence-corrected chi connectivity index (χ2v) is 9.62. The molecule has 11 heteroatoms. The summed E-state index contributed by atoms with van der Waals surface area (Å²) in [4.78, 5) is 20.4. The molecule has 0 amide bonds. The average molecular weight is 422 g/mol. The van der Waals surface area contributed by atoms with Crippen LogP contribution in [0.4, 0.5) is 0 Å². The van der Waals surface area contributed by atoms with Crippen molar-refractivity contribution in [3.05, 3.63) is 37.3 Å². The fraction of sp³-hybridized carbons (Fsp3) is 0.316. The lowest BCUT2D eigenvalue weighted by atomic mass is 9.88. The largest absolute Gasteiger partial charge is 0.346 e. The molecule has 0 saturated carbocycles. The van der Waals surface area contributed by atoms with Gasteiger partial charge in [-0.2, -0.15) is 9.57 Å². The molecule has 4 aromatic rings. The van der Waals surface area contributed by atoms with Crippen molar-refractivity contribution in [2.24, 2.45) is 0 Å². The van der Waals surface area contributed by atoms with Gasteiger partial charge >= 0.3 is 0 Å². The predicted octanol–water partition coefficient (Wildman–Crippen LogP) is 1.64. The van der Waals surface area contributed by atoms with E-state index >= 15 is 0 Å². The minimum atomic E-state index is -3.33. The monoisotopic (exact) mass is 422 g/mol. The van der Waals surface area contributed by atoms with Crippen LogP contribution < -0.4 is 0 Å². The first kappa shape index (κ1) is 18.7. The number of aromatic nitrogens is 6. The van der Waals surface area contributed by atoms with Crippen LogP contribution in [0.3, 0.4) is 0 Å². The van der Waals surface area contributed by atoms with Crippen LogP contribution in [0.5, 0.6) is 0 Å². The van der Waals surface area contributed by atoms with E-state index in [4.69, 9.17) is 0 Å². The number of hydrogen-bond donors (Lipinski definition) is 1. The summed E-state index contributed by atoms with van der Waals surface area (Å²) < 4.78 is 27.9. The van der Waals surface area contributed by atoms with Crippen molar-refractivity contribution in [3.63, 3.8) is 0 Å². The van der Waals surface area contributed by atoms with Crippen molar-refractivity contribution in [1.82, 2.24) is 33.8 Å². The Morgan fingerprint density at radius 3 is 2.83 bits per heavy atom. The van der Waals surface area contributed by atoms with Gasteiger partial charge in [0.25, 0.3) is 0 Å². The number of aromatic amines is 1. The van der Waals surface area contributed by atoms with Gasteiger partial charge in [0.1, 0.15) is 23.9 Å². The lowest BCUT2D eigenvalue weighted by Gasteiger charge is -2.49. The van der Waals surface area contributed by atoms with Crippen LogP contribution >= 0.6 is 0 Å². The van der Waals surface area contributed by atoms with E-state index in [1.165, 1.54) is 17.0 Å². The molecule has 4 aromatic heterocycles. The Morgan fingerprint density at radius 2 is 2.07 bits per heavy atom. The Hall–Kier alpha value is -3.36. The molecule has 0 bridgehead atoms. The molecule has 1 N–H and O–H groups in total. The fourth-order valence-electron chi connectivity index (χ4n) is 4.09. The summed E-state index contributed by atoms with van der Waals surface area (Å²) in [5, 5.41) is 11.1. The molecule has 0 aromatic carbocycles. The van der Waals surface area contributed by atoms with Gasteiger partial charge in [0, 0.05) is 48.0 Å². The van der Waals surface area contributed by atoms with Crippen LogP contribution in [0, 0.1) is 11.3 Å². The third-order valence-corrected chi connectivity index (χ3v) is 7.47. The molecule has 0 unspecified atom stereocenters. The molecule has 0 radical (unpaired) electrons. The molecule has 1 aliphatic rings.